The van der Waals surface area contributed by atoms with Crippen LogP contribution >= 0.6 is 27.5 Å². The molecule has 100 valence electrons. The molecule has 0 radical (unpaired) electrons. The fourth-order valence-electron chi connectivity index (χ4n) is 2.08. The smallest absolute Gasteiger partial charge is 0.0548 e. The van der Waals surface area contributed by atoms with Gasteiger partial charge in [-0.3, -0.25) is 0 Å². The van der Waals surface area contributed by atoms with E-state index in [9.17, 15) is 0 Å². The molecule has 0 aliphatic heterocycles. The highest BCUT2D eigenvalue weighted by Gasteiger charge is 2.11. The van der Waals surface area contributed by atoms with Gasteiger partial charge in [-0.2, -0.15) is 0 Å². The second kappa shape index (κ2) is 6.56. The van der Waals surface area contributed by atoms with Gasteiger partial charge in [-0.05, 0) is 59.6 Å². The molecule has 0 saturated heterocycles. The minimum absolute atomic E-state index is 0.288. The summed E-state index contributed by atoms with van der Waals surface area (Å²) in [7, 11) is 1.99. The van der Waals surface area contributed by atoms with Gasteiger partial charge in [-0.1, -0.05) is 47.5 Å². The van der Waals surface area contributed by atoms with Gasteiger partial charge in [-0.15, -0.1) is 0 Å². The van der Waals surface area contributed by atoms with Crippen molar-refractivity contribution in [2.45, 2.75) is 19.4 Å². The largest absolute Gasteiger partial charge is 0.313 e. The fourth-order valence-corrected chi connectivity index (χ4v) is 2.59. The SMILES string of the molecule is CNC(Cc1ccc(C)cc1)c1ccc(Cl)c(Br)c1. The van der Waals surface area contributed by atoms with E-state index in [1.807, 2.05) is 13.1 Å². The first-order valence-corrected chi connectivity index (χ1v) is 7.45. The van der Waals surface area contributed by atoms with E-state index in [1.165, 1.54) is 16.7 Å². The van der Waals surface area contributed by atoms with Crippen LogP contribution in [-0.4, -0.2) is 7.05 Å². The number of aryl methyl sites for hydroxylation is 1. The molecule has 0 amide bonds. The summed E-state index contributed by atoms with van der Waals surface area (Å²) in [6, 6.07) is 15.0. The quantitative estimate of drug-likeness (QED) is 0.835. The molecule has 2 aromatic rings. The summed E-state index contributed by atoms with van der Waals surface area (Å²) in [6.45, 7) is 2.11. The van der Waals surface area contributed by atoms with Gasteiger partial charge in [0.05, 0.1) is 5.02 Å². The molecule has 3 heteroatoms. The average Bonchev–Trinajstić information content (AvgIpc) is 2.41. The van der Waals surface area contributed by atoms with Crippen LogP contribution in [0.1, 0.15) is 22.7 Å². The zero-order chi connectivity index (χ0) is 13.8. The molecule has 1 atom stereocenters. The molecular formula is C16H17BrClN. The van der Waals surface area contributed by atoms with Gasteiger partial charge in [0, 0.05) is 10.5 Å². The predicted octanol–water partition coefficient (Wildman–Crippen LogP) is 4.91. The van der Waals surface area contributed by atoms with Crippen LogP contribution in [0.25, 0.3) is 0 Å². The maximum atomic E-state index is 6.04. The normalized spacial score (nSPS) is 12.4. The average molecular weight is 339 g/mol. The molecule has 0 saturated carbocycles. The van der Waals surface area contributed by atoms with Gasteiger partial charge in [-0.25, -0.2) is 0 Å². The Morgan fingerprint density at radius 1 is 1.16 bits per heavy atom. The third kappa shape index (κ3) is 3.82. The Bertz CT molecular complexity index is 551. The molecule has 0 aliphatic carbocycles. The van der Waals surface area contributed by atoms with Crippen LogP contribution in [0, 0.1) is 6.92 Å². The summed E-state index contributed by atoms with van der Waals surface area (Å²) in [5.41, 5.74) is 3.86. The van der Waals surface area contributed by atoms with E-state index in [4.69, 9.17) is 11.6 Å². The van der Waals surface area contributed by atoms with Gasteiger partial charge < -0.3 is 5.32 Å². The van der Waals surface area contributed by atoms with Crippen molar-refractivity contribution in [3.8, 4) is 0 Å². The highest BCUT2D eigenvalue weighted by Crippen LogP contribution is 2.27. The predicted molar refractivity (Wildman–Crippen MR) is 85.8 cm³/mol. The van der Waals surface area contributed by atoms with Gasteiger partial charge in [0.15, 0.2) is 0 Å². The molecule has 2 rings (SSSR count). The van der Waals surface area contributed by atoms with Gasteiger partial charge in [0.25, 0.3) is 0 Å². The molecule has 0 heterocycles. The minimum atomic E-state index is 0.288. The molecule has 0 aliphatic rings. The lowest BCUT2D eigenvalue weighted by atomic mass is 9.98. The summed E-state index contributed by atoms with van der Waals surface area (Å²) >= 11 is 9.52. The van der Waals surface area contributed by atoms with E-state index in [-0.39, 0.29) is 6.04 Å². The van der Waals surface area contributed by atoms with Crippen LogP contribution in [0.15, 0.2) is 46.9 Å². The first-order chi connectivity index (χ1) is 9.10. The molecule has 1 unspecified atom stereocenters. The van der Waals surface area contributed by atoms with Gasteiger partial charge in [0.2, 0.25) is 0 Å². The summed E-state index contributed by atoms with van der Waals surface area (Å²) in [5, 5.41) is 4.11. The van der Waals surface area contributed by atoms with Crippen LogP contribution in [-0.2, 0) is 6.42 Å². The Morgan fingerprint density at radius 3 is 2.42 bits per heavy atom. The monoisotopic (exact) mass is 337 g/mol. The van der Waals surface area contributed by atoms with Crippen LogP contribution in [0.3, 0.4) is 0 Å². The lowest BCUT2D eigenvalue weighted by Gasteiger charge is -2.17. The number of hydrogen-bond donors (Lipinski definition) is 1. The van der Waals surface area contributed by atoms with Gasteiger partial charge in [0.1, 0.15) is 0 Å². The first-order valence-electron chi connectivity index (χ1n) is 6.28. The Labute approximate surface area is 128 Å². The van der Waals surface area contributed by atoms with E-state index < -0.39 is 0 Å². The molecule has 0 spiro atoms. The maximum Gasteiger partial charge on any atom is 0.0548 e. The van der Waals surface area contributed by atoms with Crippen molar-refractivity contribution in [2.24, 2.45) is 0 Å². The second-order valence-electron chi connectivity index (χ2n) is 4.70. The number of hydrogen-bond acceptors (Lipinski definition) is 1. The Kier molecular flexibility index (Phi) is 5.03. The van der Waals surface area contributed by atoms with Crippen LogP contribution in [0.5, 0.6) is 0 Å². The molecule has 0 bridgehead atoms. The van der Waals surface area contributed by atoms with Crippen molar-refractivity contribution in [2.75, 3.05) is 7.05 Å². The Morgan fingerprint density at radius 2 is 1.84 bits per heavy atom. The summed E-state index contributed by atoms with van der Waals surface area (Å²) in [4.78, 5) is 0. The molecule has 19 heavy (non-hydrogen) atoms. The van der Waals surface area contributed by atoms with Crippen LogP contribution in [0.4, 0.5) is 0 Å². The number of halogens is 2. The highest BCUT2D eigenvalue weighted by molar-refractivity contribution is 9.10. The third-order valence-electron chi connectivity index (χ3n) is 3.25. The van der Waals surface area contributed by atoms with E-state index in [0.717, 1.165) is 15.9 Å². The minimum Gasteiger partial charge on any atom is -0.313 e. The van der Waals surface area contributed by atoms with Crippen LogP contribution < -0.4 is 5.32 Å². The van der Waals surface area contributed by atoms with Crippen molar-refractivity contribution in [1.82, 2.24) is 5.32 Å². The zero-order valence-corrected chi connectivity index (χ0v) is 13.4. The first kappa shape index (κ1) is 14.6. The lowest BCUT2D eigenvalue weighted by molar-refractivity contribution is 0.592. The van der Waals surface area contributed by atoms with Crippen molar-refractivity contribution in [1.29, 1.82) is 0 Å². The summed E-state index contributed by atoms with van der Waals surface area (Å²) < 4.78 is 0.941. The van der Waals surface area contributed by atoms with E-state index >= 15 is 0 Å². The molecule has 2 aromatic carbocycles. The van der Waals surface area contributed by atoms with Crippen molar-refractivity contribution in [3.63, 3.8) is 0 Å². The highest BCUT2D eigenvalue weighted by atomic mass is 79.9. The zero-order valence-electron chi connectivity index (χ0n) is 11.1. The van der Waals surface area contributed by atoms with Crippen molar-refractivity contribution in [3.05, 3.63) is 68.7 Å². The number of rotatable bonds is 4. The third-order valence-corrected chi connectivity index (χ3v) is 4.47. The van der Waals surface area contributed by atoms with E-state index in [0.29, 0.717) is 0 Å². The molecule has 0 aromatic heterocycles. The molecule has 1 N–H and O–H groups in total. The lowest BCUT2D eigenvalue weighted by Crippen LogP contribution is -2.18. The number of benzene rings is 2. The summed E-state index contributed by atoms with van der Waals surface area (Å²) in [6.07, 6.45) is 0.963. The molecule has 0 fully saturated rings. The molecular weight excluding hydrogens is 322 g/mol. The molecule has 1 nitrogen and oxygen atoms in total. The number of nitrogens with one attached hydrogen (secondary N) is 1. The standard InChI is InChI=1S/C16H17BrClN/c1-11-3-5-12(6-4-11)9-16(19-2)13-7-8-15(18)14(17)10-13/h3-8,10,16,19H,9H2,1-2H3. The Hall–Kier alpha value is -0.830. The maximum absolute atomic E-state index is 6.04. The van der Waals surface area contributed by atoms with E-state index in [1.54, 1.807) is 0 Å². The van der Waals surface area contributed by atoms with Crippen molar-refractivity contribution >= 4 is 27.5 Å². The second-order valence-corrected chi connectivity index (χ2v) is 5.97. The van der Waals surface area contributed by atoms with E-state index in [2.05, 4.69) is 64.6 Å². The summed E-state index contributed by atoms with van der Waals surface area (Å²) in [5.74, 6) is 0. The number of likely N-dealkylation sites (N-methyl/N-ethyl adjacent to an activating group) is 1. The van der Waals surface area contributed by atoms with Crippen LogP contribution in [0.2, 0.25) is 5.02 Å². The van der Waals surface area contributed by atoms with Crippen molar-refractivity contribution < 1.29 is 0 Å². The Balaban J connectivity index is 2.19. The van der Waals surface area contributed by atoms with Gasteiger partial charge >= 0.3 is 0 Å². The topological polar surface area (TPSA) is 12.0 Å². The fraction of sp³-hybridized carbons (Fsp3) is 0.250.